The minimum atomic E-state index is -0.165. The lowest BCUT2D eigenvalue weighted by Gasteiger charge is -2.16. The van der Waals surface area contributed by atoms with Crippen LogP contribution in [-0.2, 0) is 11.2 Å². The van der Waals surface area contributed by atoms with E-state index in [-0.39, 0.29) is 12.3 Å². The number of carbonyl (C=O) groups excluding carboxylic acids is 1. The average Bonchev–Trinajstić information content (AvgIpc) is 3.49. The molecule has 1 fully saturated rings. The van der Waals surface area contributed by atoms with Crippen molar-refractivity contribution in [1.82, 2.24) is 14.5 Å². The summed E-state index contributed by atoms with van der Waals surface area (Å²) in [5, 5.41) is 3.00. The van der Waals surface area contributed by atoms with E-state index in [0.29, 0.717) is 35.1 Å². The van der Waals surface area contributed by atoms with Gasteiger partial charge in [0.05, 0.1) is 29.4 Å². The number of fused-ring (bicyclic) bond motifs is 1. The molecule has 0 atom stereocenters. The van der Waals surface area contributed by atoms with Crippen LogP contribution in [-0.4, -0.2) is 20.4 Å². The summed E-state index contributed by atoms with van der Waals surface area (Å²) in [4.78, 5) is 21.9. The number of aryl methyl sites for hydroxylation is 1. The Hall–Kier alpha value is -3.35. The van der Waals surface area contributed by atoms with Gasteiger partial charge in [-0.1, -0.05) is 25.0 Å². The fourth-order valence-corrected chi connectivity index (χ4v) is 4.08. The number of amides is 1. The molecule has 148 valence electrons. The minimum Gasteiger partial charge on any atom is -0.459 e. The number of rotatable bonds is 5. The van der Waals surface area contributed by atoms with Crippen LogP contribution in [0.3, 0.4) is 0 Å². The van der Waals surface area contributed by atoms with Crippen molar-refractivity contribution in [2.24, 2.45) is 0 Å². The first-order valence-electron chi connectivity index (χ1n) is 9.96. The van der Waals surface area contributed by atoms with Gasteiger partial charge in [-0.25, -0.2) is 9.97 Å². The summed E-state index contributed by atoms with van der Waals surface area (Å²) in [6.45, 7) is 1.80. The third-order valence-corrected chi connectivity index (χ3v) is 5.49. The fourth-order valence-electron chi connectivity index (χ4n) is 4.08. The predicted molar refractivity (Wildman–Crippen MR) is 109 cm³/mol. The number of benzene rings is 1. The van der Waals surface area contributed by atoms with E-state index in [1.807, 2.05) is 18.2 Å². The maximum absolute atomic E-state index is 12.8. The molecule has 1 aliphatic carbocycles. The lowest BCUT2D eigenvalue weighted by Crippen LogP contribution is -2.19. The zero-order chi connectivity index (χ0) is 19.8. The van der Waals surface area contributed by atoms with Crippen LogP contribution in [0, 0.1) is 6.92 Å². The Morgan fingerprint density at radius 3 is 2.79 bits per heavy atom. The molecule has 5 rings (SSSR count). The van der Waals surface area contributed by atoms with Crippen molar-refractivity contribution < 1.29 is 13.6 Å². The van der Waals surface area contributed by atoms with E-state index >= 15 is 0 Å². The van der Waals surface area contributed by atoms with E-state index in [4.69, 9.17) is 8.83 Å². The number of furan rings is 1. The Bertz CT molecular complexity index is 1150. The van der Waals surface area contributed by atoms with E-state index in [2.05, 4.69) is 25.9 Å². The largest absolute Gasteiger partial charge is 0.459 e. The molecule has 3 heterocycles. The quantitative estimate of drug-likeness (QED) is 0.524. The molecule has 0 aliphatic heterocycles. The topological polar surface area (TPSA) is 86.1 Å². The summed E-state index contributed by atoms with van der Waals surface area (Å²) in [6, 6.07) is 11.9. The van der Waals surface area contributed by atoms with E-state index in [9.17, 15) is 4.79 Å². The highest BCUT2D eigenvalue weighted by Gasteiger charge is 2.24. The molecular formula is C22H22N4O3. The number of imidazole rings is 1. The van der Waals surface area contributed by atoms with Crippen molar-refractivity contribution in [1.29, 1.82) is 0 Å². The first-order valence-corrected chi connectivity index (χ1v) is 9.96. The van der Waals surface area contributed by atoms with Crippen LogP contribution in [0.15, 0.2) is 51.5 Å². The molecule has 1 aromatic carbocycles. The Kier molecular flexibility index (Phi) is 4.42. The van der Waals surface area contributed by atoms with E-state index in [1.165, 1.54) is 12.8 Å². The number of hydrogen-bond acceptors (Lipinski definition) is 5. The Labute approximate surface area is 167 Å². The van der Waals surface area contributed by atoms with Gasteiger partial charge in [-0.15, -0.1) is 0 Å². The average molecular weight is 390 g/mol. The second-order valence-electron chi connectivity index (χ2n) is 7.46. The summed E-state index contributed by atoms with van der Waals surface area (Å²) < 4.78 is 13.2. The standard InChI is InChI=1S/C22H22N4O3/c1-14-17(23-21(29-14)19-11-6-12-28-19)13-20(27)25-22-24-16-9-4-5-10-18(16)26(22)15-7-2-3-8-15/h4-6,9-12,15H,2-3,7-8,13H2,1H3,(H,24,25,27). The number of oxazole rings is 1. The van der Waals surface area contributed by atoms with Gasteiger partial charge < -0.3 is 13.4 Å². The molecule has 0 bridgehead atoms. The number of carbonyl (C=O) groups is 1. The number of nitrogens with zero attached hydrogens (tertiary/aromatic N) is 3. The van der Waals surface area contributed by atoms with Crippen LogP contribution in [0.2, 0.25) is 0 Å². The molecule has 3 aromatic heterocycles. The maximum atomic E-state index is 12.8. The van der Waals surface area contributed by atoms with E-state index in [0.717, 1.165) is 23.9 Å². The normalized spacial score (nSPS) is 14.7. The van der Waals surface area contributed by atoms with Crippen LogP contribution < -0.4 is 5.32 Å². The van der Waals surface area contributed by atoms with E-state index in [1.54, 1.807) is 25.3 Å². The van der Waals surface area contributed by atoms with E-state index < -0.39 is 0 Å². The minimum absolute atomic E-state index is 0.115. The predicted octanol–water partition coefficient (Wildman–Crippen LogP) is 4.89. The summed E-state index contributed by atoms with van der Waals surface area (Å²) in [6.07, 6.45) is 6.31. The van der Waals surface area contributed by atoms with Crippen molar-refractivity contribution in [3.05, 3.63) is 54.1 Å². The number of anilines is 1. The molecule has 1 aliphatic rings. The number of hydrogen-bond donors (Lipinski definition) is 1. The number of aromatic nitrogens is 3. The summed E-state index contributed by atoms with van der Waals surface area (Å²) >= 11 is 0. The van der Waals surface area contributed by atoms with Crippen LogP contribution in [0.25, 0.3) is 22.7 Å². The molecule has 4 aromatic rings. The number of nitrogens with one attached hydrogen (secondary N) is 1. The van der Waals surface area contributed by atoms with Gasteiger partial charge in [0.25, 0.3) is 5.89 Å². The van der Waals surface area contributed by atoms with Crippen LogP contribution in [0.4, 0.5) is 5.95 Å². The van der Waals surface area contributed by atoms with Gasteiger partial charge in [-0.3, -0.25) is 10.1 Å². The fraction of sp³-hybridized carbons (Fsp3) is 0.318. The van der Waals surface area contributed by atoms with Crippen molar-refractivity contribution in [2.75, 3.05) is 5.32 Å². The smallest absolute Gasteiger partial charge is 0.263 e. The highest BCUT2D eigenvalue weighted by atomic mass is 16.4. The highest BCUT2D eigenvalue weighted by Crippen LogP contribution is 2.35. The molecule has 0 spiro atoms. The molecule has 0 unspecified atom stereocenters. The van der Waals surface area contributed by atoms with Gasteiger partial charge >= 0.3 is 0 Å². The van der Waals surface area contributed by atoms with Crippen LogP contribution >= 0.6 is 0 Å². The lowest BCUT2D eigenvalue weighted by atomic mass is 10.2. The molecule has 7 heteroatoms. The van der Waals surface area contributed by atoms with Crippen molar-refractivity contribution in [3.63, 3.8) is 0 Å². The van der Waals surface area contributed by atoms with Gasteiger partial charge in [0.2, 0.25) is 11.9 Å². The Morgan fingerprint density at radius 2 is 2.00 bits per heavy atom. The third kappa shape index (κ3) is 3.33. The summed E-state index contributed by atoms with van der Waals surface area (Å²) in [7, 11) is 0. The summed E-state index contributed by atoms with van der Waals surface area (Å²) in [5.41, 5.74) is 2.55. The maximum Gasteiger partial charge on any atom is 0.263 e. The van der Waals surface area contributed by atoms with Gasteiger partial charge in [0.15, 0.2) is 5.76 Å². The second-order valence-corrected chi connectivity index (χ2v) is 7.46. The molecule has 1 N–H and O–H groups in total. The van der Waals surface area contributed by atoms with Crippen molar-refractivity contribution in [3.8, 4) is 11.7 Å². The zero-order valence-corrected chi connectivity index (χ0v) is 16.2. The first-order chi connectivity index (χ1) is 14.2. The Morgan fingerprint density at radius 1 is 1.17 bits per heavy atom. The van der Waals surface area contributed by atoms with Crippen LogP contribution in [0.5, 0.6) is 0 Å². The molecule has 1 saturated carbocycles. The highest BCUT2D eigenvalue weighted by molar-refractivity contribution is 5.92. The monoisotopic (exact) mass is 390 g/mol. The molecule has 7 nitrogen and oxygen atoms in total. The van der Waals surface area contributed by atoms with Gasteiger partial charge in [-0.05, 0) is 44.0 Å². The van der Waals surface area contributed by atoms with Crippen LogP contribution in [0.1, 0.15) is 43.2 Å². The SMILES string of the molecule is Cc1oc(-c2ccco2)nc1CC(=O)Nc1nc2ccccc2n1C1CCCC1. The molecular weight excluding hydrogens is 368 g/mol. The first kappa shape index (κ1) is 17.7. The van der Waals surface area contributed by atoms with Gasteiger partial charge in [0, 0.05) is 6.04 Å². The molecule has 0 radical (unpaired) electrons. The van der Waals surface area contributed by atoms with Gasteiger partial charge in [-0.2, -0.15) is 0 Å². The van der Waals surface area contributed by atoms with Crippen molar-refractivity contribution in [2.45, 2.75) is 45.1 Å². The molecule has 29 heavy (non-hydrogen) atoms. The van der Waals surface area contributed by atoms with Crippen molar-refractivity contribution >= 4 is 22.9 Å². The third-order valence-electron chi connectivity index (χ3n) is 5.49. The molecule has 1 amide bonds. The lowest BCUT2D eigenvalue weighted by molar-refractivity contribution is -0.115. The number of para-hydroxylation sites is 2. The van der Waals surface area contributed by atoms with Gasteiger partial charge in [0.1, 0.15) is 5.76 Å². The molecule has 0 saturated heterocycles. The summed E-state index contributed by atoms with van der Waals surface area (Å²) in [5.74, 6) is 1.98. The Balaban J connectivity index is 1.40. The zero-order valence-electron chi connectivity index (χ0n) is 16.2. The second kappa shape index (κ2) is 7.24.